The van der Waals surface area contributed by atoms with Crippen LogP contribution in [0.5, 0.6) is 5.75 Å². The standard InChI is InChI=1S/C10H11O3/c1-8(2)12-10(11)13-9-6-4-3-5-7-9/h3-7H,1-2H3. The highest BCUT2D eigenvalue weighted by Gasteiger charge is 2.07. The zero-order valence-electron chi connectivity index (χ0n) is 7.61. The van der Waals surface area contributed by atoms with Crippen molar-refractivity contribution < 1.29 is 14.3 Å². The molecule has 0 atom stereocenters. The van der Waals surface area contributed by atoms with Crippen molar-refractivity contribution in [3.05, 3.63) is 36.4 Å². The van der Waals surface area contributed by atoms with E-state index < -0.39 is 6.16 Å². The molecule has 0 fully saturated rings. The van der Waals surface area contributed by atoms with Crippen LogP contribution in [0.4, 0.5) is 4.79 Å². The van der Waals surface area contributed by atoms with Crippen LogP contribution >= 0.6 is 0 Å². The Bertz CT molecular complexity index is 267. The van der Waals surface area contributed by atoms with Gasteiger partial charge in [0.15, 0.2) is 0 Å². The third-order valence-electron chi connectivity index (χ3n) is 1.23. The fourth-order valence-electron chi connectivity index (χ4n) is 0.772. The van der Waals surface area contributed by atoms with Gasteiger partial charge in [0.05, 0.1) is 0 Å². The molecule has 0 heterocycles. The van der Waals surface area contributed by atoms with Gasteiger partial charge in [-0.2, -0.15) is 0 Å². The highest BCUT2D eigenvalue weighted by atomic mass is 16.7. The monoisotopic (exact) mass is 179 g/mol. The first kappa shape index (κ1) is 9.58. The van der Waals surface area contributed by atoms with Gasteiger partial charge >= 0.3 is 6.16 Å². The maximum absolute atomic E-state index is 11.0. The largest absolute Gasteiger partial charge is 0.514 e. The summed E-state index contributed by atoms with van der Waals surface area (Å²) >= 11 is 0. The van der Waals surface area contributed by atoms with Gasteiger partial charge in [-0.1, -0.05) is 18.2 Å². The van der Waals surface area contributed by atoms with E-state index in [9.17, 15) is 4.79 Å². The summed E-state index contributed by atoms with van der Waals surface area (Å²) < 4.78 is 9.55. The molecule has 0 aliphatic carbocycles. The maximum Gasteiger partial charge on any atom is 0.514 e. The van der Waals surface area contributed by atoms with Crippen molar-refractivity contribution in [3.8, 4) is 5.75 Å². The van der Waals surface area contributed by atoms with E-state index in [1.807, 2.05) is 6.07 Å². The normalized spacial score (nSPS) is 9.77. The summed E-state index contributed by atoms with van der Waals surface area (Å²) in [5.41, 5.74) is 0. The molecule has 3 heteroatoms. The predicted octanol–water partition coefficient (Wildman–Crippen LogP) is 2.77. The topological polar surface area (TPSA) is 35.5 Å². The summed E-state index contributed by atoms with van der Waals surface area (Å²) in [7, 11) is 0. The number of carbonyl (C=O) groups is 1. The number of hydrogen-bond acceptors (Lipinski definition) is 3. The number of ether oxygens (including phenoxy) is 2. The van der Waals surface area contributed by atoms with Crippen LogP contribution in [-0.2, 0) is 4.74 Å². The molecule has 0 bridgehead atoms. The van der Waals surface area contributed by atoms with E-state index >= 15 is 0 Å². The molecule has 69 valence electrons. The van der Waals surface area contributed by atoms with Gasteiger partial charge < -0.3 is 9.47 Å². The van der Waals surface area contributed by atoms with E-state index in [0.717, 1.165) is 0 Å². The molecule has 0 spiro atoms. The summed E-state index contributed by atoms with van der Waals surface area (Å²) in [5, 5.41) is 0. The van der Waals surface area contributed by atoms with Crippen molar-refractivity contribution in [2.24, 2.45) is 0 Å². The minimum absolute atomic E-state index is 0.480. The molecular weight excluding hydrogens is 168 g/mol. The molecular formula is C10H11O3. The summed E-state index contributed by atoms with van der Waals surface area (Å²) in [4.78, 5) is 11.0. The highest BCUT2D eigenvalue weighted by Crippen LogP contribution is 2.10. The quantitative estimate of drug-likeness (QED) is 0.517. The van der Waals surface area contributed by atoms with Crippen LogP contribution in [0, 0.1) is 6.10 Å². The molecule has 1 radical (unpaired) electrons. The van der Waals surface area contributed by atoms with E-state index in [-0.39, 0.29) is 0 Å². The van der Waals surface area contributed by atoms with Gasteiger partial charge in [-0.25, -0.2) is 4.79 Å². The van der Waals surface area contributed by atoms with Crippen LogP contribution in [0.1, 0.15) is 13.8 Å². The van der Waals surface area contributed by atoms with E-state index in [2.05, 4.69) is 0 Å². The molecule has 0 saturated carbocycles. The Morgan fingerprint density at radius 2 is 1.77 bits per heavy atom. The molecule has 0 aromatic heterocycles. The van der Waals surface area contributed by atoms with Gasteiger partial charge in [-0.05, 0) is 26.0 Å². The van der Waals surface area contributed by atoms with Gasteiger partial charge in [0, 0.05) is 0 Å². The third-order valence-corrected chi connectivity index (χ3v) is 1.23. The highest BCUT2D eigenvalue weighted by molar-refractivity contribution is 5.64. The second kappa shape index (κ2) is 4.50. The van der Waals surface area contributed by atoms with Crippen LogP contribution < -0.4 is 4.74 Å². The van der Waals surface area contributed by atoms with Crippen LogP contribution in [0.25, 0.3) is 0 Å². The lowest BCUT2D eigenvalue weighted by molar-refractivity contribution is 0.108. The van der Waals surface area contributed by atoms with E-state index in [0.29, 0.717) is 11.9 Å². The zero-order valence-corrected chi connectivity index (χ0v) is 7.61. The maximum atomic E-state index is 11.0. The van der Waals surface area contributed by atoms with Crippen LogP contribution in [0.3, 0.4) is 0 Å². The first-order chi connectivity index (χ1) is 6.18. The Labute approximate surface area is 77.3 Å². The van der Waals surface area contributed by atoms with Crippen molar-refractivity contribution in [2.45, 2.75) is 13.8 Å². The van der Waals surface area contributed by atoms with Crippen molar-refractivity contribution >= 4 is 6.16 Å². The summed E-state index contributed by atoms with van der Waals surface area (Å²) in [6.07, 6.45) is -0.146. The zero-order chi connectivity index (χ0) is 9.68. The molecule has 1 aromatic carbocycles. The molecule has 0 aliphatic rings. The summed E-state index contributed by atoms with van der Waals surface area (Å²) in [6.45, 7) is 3.37. The van der Waals surface area contributed by atoms with Gasteiger partial charge in [0.1, 0.15) is 11.9 Å². The first-order valence-corrected chi connectivity index (χ1v) is 3.93. The fraction of sp³-hybridized carbons (Fsp3) is 0.200. The Balaban J connectivity index is 2.46. The Morgan fingerprint density at radius 3 is 2.31 bits per heavy atom. The summed E-state index contributed by atoms with van der Waals surface area (Å²) in [5.74, 6) is 0.480. The van der Waals surface area contributed by atoms with Crippen molar-refractivity contribution in [1.29, 1.82) is 0 Å². The van der Waals surface area contributed by atoms with Crippen LogP contribution in [0.15, 0.2) is 30.3 Å². The van der Waals surface area contributed by atoms with Gasteiger partial charge in [0.25, 0.3) is 0 Å². The second-order valence-electron chi connectivity index (χ2n) is 2.68. The number of hydrogen-bond donors (Lipinski definition) is 0. The SMILES string of the molecule is C[C](C)OC(=O)Oc1ccccc1. The average Bonchev–Trinajstić information content (AvgIpc) is 2.04. The smallest absolute Gasteiger partial charge is 0.424 e. The molecule has 1 rings (SSSR count). The lowest BCUT2D eigenvalue weighted by atomic mass is 10.3. The first-order valence-electron chi connectivity index (χ1n) is 3.93. The molecule has 1 aromatic rings. The Hall–Kier alpha value is -1.51. The lowest BCUT2D eigenvalue weighted by Gasteiger charge is -2.06. The van der Waals surface area contributed by atoms with Crippen LogP contribution in [-0.4, -0.2) is 6.16 Å². The number of rotatable bonds is 2. The van der Waals surface area contributed by atoms with Crippen molar-refractivity contribution in [3.63, 3.8) is 0 Å². The summed E-state index contributed by atoms with van der Waals surface area (Å²) in [6, 6.07) is 8.78. The Kier molecular flexibility index (Phi) is 3.31. The van der Waals surface area contributed by atoms with Gasteiger partial charge in [-0.15, -0.1) is 0 Å². The lowest BCUT2D eigenvalue weighted by Crippen LogP contribution is -2.11. The second-order valence-corrected chi connectivity index (χ2v) is 2.68. The van der Waals surface area contributed by atoms with Crippen molar-refractivity contribution in [1.82, 2.24) is 0 Å². The average molecular weight is 179 g/mol. The molecule has 13 heavy (non-hydrogen) atoms. The van der Waals surface area contributed by atoms with Gasteiger partial charge in [-0.3, -0.25) is 0 Å². The number of benzene rings is 1. The molecule has 0 saturated heterocycles. The Morgan fingerprint density at radius 1 is 1.15 bits per heavy atom. The molecule has 0 amide bonds. The molecule has 0 aliphatic heterocycles. The van der Waals surface area contributed by atoms with Gasteiger partial charge in [0.2, 0.25) is 0 Å². The molecule has 0 unspecified atom stereocenters. The minimum atomic E-state index is -0.703. The number of para-hydroxylation sites is 1. The molecule has 0 N–H and O–H groups in total. The minimum Gasteiger partial charge on any atom is -0.424 e. The van der Waals surface area contributed by atoms with Crippen LogP contribution in [0.2, 0.25) is 0 Å². The van der Waals surface area contributed by atoms with E-state index in [4.69, 9.17) is 9.47 Å². The number of carbonyl (C=O) groups excluding carboxylic acids is 1. The fourth-order valence-corrected chi connectivity index (χ4v) is 0.772. The van der Waals surface area contributed by atoms with Crippen molar-refractivity contribution in [2.75, 3.05) is 0 Å². The van der Waals surface area contributed by atoms with E-state index in [1.165, 1.54) is 0 Å². The molecule has 3 nitrogen and oxygen atoms in total. The van der Waals surface area contributed by atoms with E-state index in [1.54, 1.807) is 38.1 Å². The predicted molar refractivity (Wildman–Crippen MR) is 48.1 cm³/mol. The third kappa shape index (κ3) is 3.60.